The van der Waals surface area contributed by atoms with Crippen molar-refractivity contribution in [2.24, 2.45) is 11.8 Å². The summed E-state index contributed by atoms with van der Waals surface area (Å²) in [5, 5.41) is 10.2. The number of aliphatic hydroxyl groups excluding tert-OH is 1. The molecule has 3 rings (SSSR count). The lowest BCUT2D eigenvalue weighted by Crippen LogP contribution is -2.37. The lowest BCUT2D eigenvalue weighted by Gasteiger charge is -2.29. The lowest BCUT2D eigenvalue weighted by atomic mass is 9.81. The number of carbonyl (C=O) groups is 1. The highest BCUT2D eigenvalue weighted by molar-refractivity contribution is 5.75. The predicted octanol–water partition coefficient (Wildman–Crippen LogP) is 1.81. The Balaban J connectivity index is 1.93. The van der Waals surface area contributed by atoms with Crippen molar-refractivity contribution in [2.75, 3.05) is 0 Å². The van der Waals surface area contributed by atoms with E-state index in [1.54, 1.807) is 0 Å². The maximum Gasteiger partial charge on any atom is 0.309 e. The summed E-state index contributed by atoms with van der Waals surface area (Å²) in [5.41, 5.74) is 0.585. The van der Waals surface area contributed by atoms with Crippen LogP contribution in [0.2, 0.25) is 0 Å². The predicted molar refractivity (Wildman–Crippen MR) is 69.4 cm³/mol. The Hall–Kier alpha value is -0.870. The highest BCUT2D eigenvalue weighted by atomic mass is 16.6. The molecule has 6 atom stereocenters. The van der Waals surface area contributed by atoms with E-state index in [2.05, 4.69) is 0 Å². The Bertz CT molecular complexity index is 430. The SMILES string of the molecule is C/C1=C/[C@H]2OC(=O)[C@H](C)[C@@H]2CC[C@]2(C)O[C@@H]1C[C@H]2O. The van der Waals surface area contributed by atoms with Crippen LogP contribution in [0.4, 0.5) is 0 Å². The van der Waals surface area contributed by atoms with Crippen molar-refractivity contribution >= 4 is 5.97 Å². The second-order valence-electron chi connectivity index (χ2n) is 6.47. The molecule has 3 aliphatic rings. The quantitative estimate of drug-likeness (QED) is 0.536. The third-order valence-electron chi connectivity index (χ3n) is 5.15. The molecule has 0 radical (unpaired) electrons. The second-order valence-corrected chi connectivity index (χ2v) is 6.47. The molecular weight excluding hydrogens is 244 g/mol. The summed E-state index contributed by atoms with van der Waals surface area (Å²) in [6.45, 7) is 5.92. The van der Waals surface area contributed by atoms with Gasteiger partial charge < -0.3 is 14.6 Å². The van der Waals surface area contributed by atoms with Crippen LogP contribution >= 0.6 is 0 Å². The average Bonchev–Trinajstić information content (AvgIpc) is 2.79. The standard InChI is InChI=1S/C15H22O4/c1-8-6-12-10(9(2)14(17)18-12)4-5-15(3)13(16)7-11(8)19-15/h6,9-13,16H,4-5,7H2,1-3H3/b8-6-/t9-,10+,11-,12-,13-,15+/m1/s1. The fraction of sp³-hybridized carbons (Fsp3) is 0.800. The van der Waals surface area contributed by atoms with Gasteiger partial charge >= 0.3 is 5.97 Å². The molecule has 0 spiro atoms. The number of hydrogen-bond donors (Lipinski definition) is 1. The Morgan fingerprint density at radius 3 is 2.95 bits per heavy atom. The molecule has 106 valence electrons. The molecule has 0 unspecified atom stereocenters. The van der Waals surface area contributed by atoms with Crippen molar-refractivity contribution in [3.63, 3.8) is 0 Å². The van der Waals surface area contributed by atoms with Crippen LogP contribution in [0.1, 0.15) is 40.0 Å². The van der Waals surface area contributed by atoms with Gasteiger partial charge in [-0.2, -0.15) is 0 Å². The summed E-state index contributed by atoms with van der Waals surface area (Å²) in [7, 11) is 0. The van der Waals surface area contributed by atoms with Crippen LogP contribution in [0.15, 0.2) is 11.6 Å². The van der Waals surface area contributed by atoms with Crippen molar-refractivity contribution < 1.29 is 19.4 Å². The molecule has 19 heavy (non-hydrogen) atoms. The number of esters is 1. The van der Waals surface area contributed by atoms with Crippen molar-refractivity contribution in [2.45, 2.75) is 63.9 Å². The number of aliphatic hydroxyl groups is 1. The van der Waals surface area contributed by atoms with E-state index in [0.29, 0.717) is 6.42 Å². The van der Waals surface area contributed by atoms with E-state index in [4.69, 9.17) is 9.47 Å². The molecule has 0 amide bonds. The molecule has 2 saturated heterocycles. The minimum Gasteiger partial charge on any atom is -0.458 e. The van der Waals surface area contributed by atoms with Gasteiger partial charge in [0.15, 0.2) is 0 Å². The van der Waals surface area contributed by atoms with Gasteiger partial charge in [0.25, 0.3) is 0 Å². The largest absolute Gasteiger partial charge is 0.458 e. The molecule has 3 aliphatic heterocycles. The maximum atomic E-state index is 11.7. The Morgan fingerprint density at radius 1 is 1.47 bits per heavy atom. The molecule has 3 heterocycles. The van der Waals surface area contributed by atoms with Gasteiger partial charge in [-0.15, -0.1) is 0 Å². The molecule has 1 N–H and O–H groups in total. The molecule has 0 aromatic heterocycles. The van der Waals surface area contributed by atoms with E-state index in [9.17, 15) is 9.90 Å². The molecule has 2 fully saturated rings. The number of rotatable bonds is 0. The third kappa shape index (κ3) is 2.01. The Morgan fingerprint density at radius 2 is 2.21 bits per heavy atom. The zero-order valence-corrected chi connectivity index (χ0v) is 11.8. The van der Waals surface area contributed by atoms with E-state index >= 15 is 0 Å². The van der Waals surface area contributed by atoms with Gasteiger partial charge in [0, 0.05) is 12.3 Å². The minimum atomic E-state index is -0.486. The first-order chi connectivity index (χ1) is 8.90. The molecule has 2 bridgehead atoms. The normalized spacial score (nSPS) is 52.5. The lowest BCUT2D eigenvalue weighted by molar-refractivity contribution is -0.142. The van der Waals surface area contributed by atoms with Gasteiger partial charge in [-0.1, -0.05) is 6.92 Å². The van der Waals surface area contributed by atoms with Gasteiger partial charge in [-0.3, -0.25) is 4.79 Å². The summed E-state index contributed by atoms with van der Waals surface area (Å²) < 4.78 is 11.5. The summed E-state index contributed by atoms with van der Waals surface area (Å²) in [6.07, 6.45) is 3.70. The van der Waals surface area contributed by atoms with Crippen molar-refractivity contribution in [3.05, 3.63) is 11.6 Å². The summed E-state index contributed by atoms with van der Waals surface area (Å²) in [4.78, 5) is 11.7. The molecule has 4 heteroatoms. The molecule has 0 saturated carbocycles. The van der Waals surface area contributed by atoms with Gasteiger partial charge in [0.1, 0.15) is 6.10 Å². The number of carbonyl (C=O) groups excluding carboxylic acids is 1. The van der Waals surface area contributed by atoms with Crippen LogP contribution in [0, 0.1) is 11.8 Å². The van der Waals surface area contributed by atoms with Crippen LogP contribution < -0.4 is 0 Å². The van der Waals surface area contributed by atoms with Gasteiger partial charge in [-0.05, 0) is 38.3 Å². The van der Waals surface area contributed by atoms with Crippen LogP contribution in [0.25, 0.3) is 0 Å². The zero-order chi connectivity index (χ0) is 13.8. The first-order valence-electron chi connectivity index (χ1n) is 7.15. The number of hydrogen-bond acceptors (Lipinski definition) is 4. The van der Waals surface area contributed by atoms with Crippen molar-refractivity contribution in [1.29, 1.82) is 0 Å². The minimum absolute atomic E-state index is 0.0478. The molecule has 0 aliphatic carbocycles. The van der Waals surface area contributed by atoms with Gasteiger partial charge in [-0.25, -0.2) is 0 Å². The number of ether oxygens (including phenoxy) is 2. The first kappa shape index (κ1) is 13.1. The van der Waals surface area contributed by atoms with E-state index in [0.717, 1.165) is 18.4 Å². The average molecular weight is 266 g/mol. The molecular formula is C15H22O4. The smallest absolute Gasteiger partial charge is 0.309 e. The van der Waals surface area contributed by atoms with Crippen molar-refractivity contribution in [1.82, 2.24) is 0 Å². The topological polar surface area (TPSA) is 55.8 Å². The van der Waals surface area contributed by atoms with Crippen LogP contribution in [0.5, 0.6) is 0 Å². The Kier molecular flexibility index (Phi) is 2.98. The van der Waals surface area contributed by atoms with E-state index in [-0.39, 0.29) is 30.0 Å². The third-order valence-corrected chi connectivity index (χ3v) is 5.15. The fourth-order valence-electron chi connectivity index (χ4n) is 3.59. The monoisotopic (exact) mass is 266 g/mol. The molecule has 0 aromatic carbocycles. The number of fused-ring (bicyclic) bond motifs is 3. The second kappa shape index (κ2) is 4.32. The highest BCUT2D eigenvalue weighted by Crippen LogP contribution is 2.43. The van der Waals surface area contributed by atoms with Crippen LogP contribution in [-0.2, 0) is 14.3 Å². The van der Waals surface area contributed by atoms with E-state index in [1.165, 1.54) is 0 Å². The van der Waals surface area contributed by atoms with Crippen LogP contribution in [-0.4, -0.2) is 35.0 Å². The molecule has 4 nitrogen and oxygen atoms in total. The van der Waals surface area contributed by atoms with Crippen molar-refractivity contribution in [3.8, 4) is 0 Å². The van der Waals surface area contributed by atoms with E-state index < -0.39 is 11.7 Å². The summed E-state index contributed by atoms with van der Waals surface area (Å²) >= 11 is 0. The summed E-state index contributed by atoms with van der Waals surface area (Å²) in [5.74, 6) is 0.0411. The van der Waals surface area contributed by atoms with E-state index in [1.807, 2.05) is 26.8 Å². The van der Waals surface area contributed by atoms with Gasteiger partial charge in [0.2, 0.25) is 0 Å². The Labute approximate surface area is 113 Å². The first-order valence-corrected chi connectivity index (χ1v) is 7.15. The highest BCUT2D eigenvalue weighted by Gasteiger charge is 2.49. The fourth-order valence-corrected chi connectivity index (χ4v) is 3.59. The van der Waals surface area contributed by atoms with Gasteiger partial charge in [0.05, 0.1) is 23.7 Å². The maximum absolute atomic E-state index is 11.7. The van der Waals surface area contributed by atoms with Crippen LogP contribution in [0.3, 0.4) is 0 Å². The summed E-state index contributed by atoms with van der Waals surface area (Å²) in [6, 6.07) is 0. The molecule has 0 aromatic rings. The zero-order valence-electron chi connectivity index (χ0n) is 11.8.